The Morgan fingerprint density at radius 2 is 2.00 bits per heavy atom. The van der Waals surface area contributed by atoms with E-state index in [4.69, 9.17) is 4.74 Å². The molecule has 0 bridgehead atoms. The largest absolute Gasteiger partial charge is 0.356 e. The summed E-state index contributed by atoms with van der Waals surface area (Å²) in [6.45, 7) is 1.52. The fourth-order valence-corrected chi connectivity index (χ4v) is 3.87. The molecule has 2 fully saturated rings. The highest BCUT2D eigenvalue weighted by molar-refractivity contribution is 5.86. The summed E-state index contributed by atoms with van der Waals surface area (Å²) in [5.74, 6) is -0.358. The molecule has 0 spiro atoms. The van der Waals surface area contributed by atoms with Crippen molar-refractivity contribution in [3.8, 4) is 0 Å². The van der Waals surface area contributed by atoms with Crippen LogP contribution >= 0.6 is 0 Å². The number of ether oxygens (including phenoxy) is 1. The number of nitrogens with zero attached hydrogens (tertiary/aromatic N) is 1. The molecular formula is C20H29N3O3. The summed E-state index contributed by atoms with van der Waals surface area (Å²) in [7, 11) is 2.17. The fourth-order valence-electron chi connectivity index (χ4n) is 3.87. The topological polar surface area (TPSA) is 70.7 Å². The van der Waals surface area contributed by atoms with Crippen LogP contribution in [-0.2, 0) is 14.3 Å². The van der Waals surface area contributed by atoms with Crippen LogP contribution in [0.5, 0.6) is 0 Å². The van der Waals surface area contributed by atoms with Crippen molar-refractivity contribution in [3.63, 3.8) is 0 Å². The van der Waals surface area contributed by atoms with Crippen LogP contribution in [0.15, 0.2) is 30.3 Å². The van der Waals surface area contributed by atoms with Gasteiger partial charge in [0.25, 0.3) is 5.91 Å². The molecule has 0 aromatic heterocycles. The molecule has 3 rings (SSSR count). The van der Waals surface area contributed by atoms with Crippen molar-refractivity contribution in [1.82, 2.24) is 15.5 Å². The molecule has 2 aliphatic rings. The molecule has 1 aliphatic heterocycles. The normalized spacial score (nSPS) is 23.8. The second-order valence-corrected chi connectivity index (χ2v) is 7.25. The Bertz CT molecular complexity index is 602. The van der Waals surface area contributed by atoms with Crippen molar-refractivity contribution < 1.29 is 14.3 Å². The van der Waals surface area contributed by atoms with Crippen LogP contribution in [0.2, 0.25) is 0 Å². The zero-order valence-electron chi connectivity index (χ0n) is 15.4. The van der Waals surface area contributed by atoms with Gasteiger partial charge in [-0.05, 0) is 38.4 Å². The highest BCUT2D eigenvalue weighted by Crippen LogP contribution is 2.23. The SMILES string of the molecule is CN(CCCNC(=O)[C@H]1OCC(=O)N[C@@H]1c1ccccc1)C1CCCC1. The van der Waals surface area contributed by atoms with E-state index in [-0.39, 0.29) is 18.4 Å². The number of benzene rings is 1. The maximum absolute atomic E-state index is 12.6. The van der Waals surface area contributed by atoms with Crippen LogP contribution in [0.4, 0.5) is 0 Å². The summed E-state index contributed by atoms with van der Waals surface area (Å²) >= 11 is 0. The van der Waals surface area contributed by atoms with Gasteiger partial charge in [-0.25, -0.2) is 0 Å². The summed E-state index contributed by atoms with van der Waals surface area (Å²) in [5, 5.41) is 5.85. The Hall–Kier alpha value is -1.92. The molecule has 1 aliphatic carbocycles. The molecule has 26 heavy (non-hydrogen) atoms. The Labute approximate surface area is 155 Å². The predicted octanol–water partition coefficient (Wildman–Crippen LogP) is 1.62. The number of carbonyl (C=O) groups is 2. The molecular weight excluding hydrogens is 330 g/mol. The van der Waals surface area contributed by atoms with E-state index in [0.717, 1.165) is 18.5 Å². The molecule has 1 saturated carbocycles. The molecule has 142 valence electrons. The monoisotopic (exact) mass is 359 g/mol. The van der Waals surface area contributed by atoms with Gasteiger partial charge in [0.2, 0.25) is 5.91 Å². The average Bonchev–Trinajstić information content (AvgIpc) is 3.20. The third kappa shape index (κ3) is 4.83. The van der Waals surface area contributed by atoms with E-state index in [9.17, 15) is 9.59 Å². The zero-order chi connectivity index (χ0) is 18.4. The van der Waals surface area contributed by atoms with Gasteiger partial charge < -0.3 is 20.3 Å². The summed E-state index contributed by atoms with van der Waals surface area (Å²) in [4.78, 5) is 26.7. The highest BCUT2D eigenvalue weighted by Gasteiger charge is 2.35. The van der Waals surface area contributed by atoms with Crippen LogP contribution < -0.4 is 10.6 Å². The van der Waals surface area contributed by atoms with Crippen molar-refractivity contribution in [2.45, 2.75) is 50.3 Å². The van der Waals surface area contributed by atoms with E-state index in [2.05, 4.69) is 22.6 Å². The number of rotatable bonds is 7. The molecule has 0 radical (unpaired) electrons. The first-order valence-electron chi connectivity index (χ1n) is 9.59. The predicted molar refractivity (Wildman–Crippen MR) is 99.6 cm³/mol. The van der Waals surface area contributed by atoms with Crippen LogP contribution in [-0.4, -0.2) is 55.6 Å². The van der Waals surface area contributed by atoms with E-state index >= 15 is 0 Å². The first kappa shape index (κ1) is 18.9. The standard InChI is InChI=1S/C20H29N3O3/c1-23(16-10-5-6-11-16)13-7-12-21-20(25)19-18(22-17(24)14-26-19)15-8-3-2-4-9-15/h2-4,8-9,16,18-19H,5-7,10-14H2,1H3,(H,21,25)(H,22,24)/t18-,19+/m1/s1. The van der Waals surface area contributed by atoms with E-state index in [1.807, 2.05) is 30.3 Å². The van der Waals surface area contributed by atoms with Crippen molar-refractivity contribution >= 4 is 11.8 Å². The lowest BCUT2D eigenvalue weighted by molar-refractivity contribution is -0.148. The lowest BCUT2D eigenvalue weighted by Gasteiger charge is -2.31. The molecule has 1 aromatic carbocycles. The summed E-state index contributed by atoms with van der Waals surface area (Å²) in [6.07, 6.45) is 5.46. The lowest BCUT2D eigenvalue weighted by Crippen LogP contribution is -2.52. The highest BCUT2D eigenvalue weighted by atomic mass is 16.5. The maximum atomic E-state index is 12.6. The van der Waals surface area contributed by atoms with Gasteiger partial charge in [-0.1, -0.05) is 43.2 Å². The number of morpholine rings is 1. The second-order valence-electron chi connectivity index (χ2n) is 7.25. The molecule has 6 heteroatoms. The van der Waals surface area contributed by atoms with Gasteiger partial charge in [-0.2, -0.15) is 0 Å². The van der Waals surface area contributed by atoms with E-state index < -0.39 is 12.1 Å². The third-order valence-electron chi connectivity index (χ3n) is 5.37. The molecule has 2 amide bonds. The van der Waals surface area contributed by atoms with Gasteiger partial charge in [-0.3, -0.25) is 9.59 Å². The first-order chi connectivity index (χ1) is 12.6. The van der Waals surface area contributed by atoms with Crippen LogP contribution in [0, 0.1) is 0 Å². The van der Waals surface area contributed by atoms with Gasteiger partial charge in [0, 0.05) is 12.6 Å². The number of nitrogens with one attached hydrogen (secondary N) is 2. The Balaban J connectivity index is 1.48. The van der Waals surface area contributed by atoms with Gasteiger partial charge in [0.15, 0.2) is 6.10 Å². The lowest BCUT2D eigenvalue weighted by atomic mass is 9.99. The van der Waals surface area contributed by atoms with E-state index in [0.29, 0.717) is 12.6 Å². The van der Waals surface area contributed by atoms with Crippen molar-refractivity contribution in [2.24, 2.45) is 0 Å². The van der Waals surface area contributed by atoms with Crippen LogP contribution in [0.3, 0.4) is 0 Å². The van der Waals surface area contributed by atoms with E-state index in [1.54, 1.807) is 0 Å². The number of amides is 2. The third-order valence-corrected chi connectivity index (χ3v) is 5.37. The minimum Gasteiger partial charge on any atom is -0.356 e. The summed E-state index contributed by atoms with van der Waals surface area (Å²) in [5.41, 5.74) is 0.877. The molecule has 1 saturated heterocycles. The van der Waals surface area contributed by atoms with Crippen molar-refractivity contribution in [2.75, 3.05) is 26.7 Å². The summed E-state index contributed by atoms with van der Waals surface area (Å²) in [6, 6.07) is 9.75. The quantitative estimate of drug-likeness (QED) is 0.726. The fraction of sp³-hybridized carbons (Fsp3) is 0.600. The van der Waals surface area contributed by atoms with Crippen LogP contribution in [0.1, 0.15) is 43.7 Å². The Kier molecular flexibility index (Phi) is 6.63. The Morgan fingerprint density at radius 3 is 2.73 bits per heavy atom. The van der Waals surface area contributed by atoms with Gasteiger partial charge >= 0.3 is 0 Å². The van der Waals surface area contributed by atoms with E-state index in [1.165, 1.54) is 25.7 Å². The Morgan fingerprint density at radius 1 is 1.27 bits per heavy atom. The number of hydrogen-bond acceptors (Lipinski definition) is 4. The van der Waals surface area contributed by atoms with Crippen molar-refractivity contribution in [1.29, 1.82) is 0 Å². The minimum absolute atomic E-state index is 0.0775. The van der Waals surface area contributed by atoms with Gasteiger partial charge in [0.1, 0.15) is 6.61 Å². The molecule has 1 aromatic rings. The number of hydrogen-bond donors (Lipinski definition) is 2. The molecule has 0 unspecified atom stereocenters. The zero-order valence-corrected chi connectivity index (χ0v) is 15.4. The van der Waals surface area contributed by atoms with Gasteiger partial charge in [0.05, 0.1) is 6.04 Å². The van der Waals surface area contributed by atoms with Crippen molar-refractivity contribution in [3.05, 3.63) is 35.9 Å². The average molecular weight is 359 g/mol. The molecule has 6 nitrogen and oxygen atoms in total. The second kappa shape index (κ2) is 9.14. The first-order valence-corrected chi connectivity index (χ1v) is 9.59. The minimum atomic E-state index is -0.692. The molecule has 2 N–H and O–H groups in total. The van der Waals surface area contributed by atoms with Crippen LogP contribution in [0.25, 0.3) is 0 Å². The summed E-state index contributed by atoms with van der Waals surface area (Å²) < 4.78 is 5.54. The molecule has 2 atom stereocenters. The smallest absolute Gasteiger partial charge is 0.251 e. The van der Waals surface area contributed by atoms with Gasteiger partial charge in [-0.15, -0.1) is 0 Å². The maximum Gasteiger partial charge on any atom is 0.251 e. The molecule has 1 heterocycles. The number of carbonyl (C=O) groups excluding carboxylic acids is 2.